The van der Waals surface area contributed by atoms with Gasteiger partial charge in [0.05, 0.1) is 18.7 Å². The first-order chi connectivity index (χ1) is 7.99. The Hall–Kier alpha value is -1.14. The van der Waals surface area contributed by atoms with Gasteiger partial charge in [0.25, 0.3) is 0 Å². The van der Waals surface area contributed by atoms with E-state index in [2.05, 4.69) is 18.7 Å². The molecule has 0 aromatic heterocycles. The lowest BCUT2D eigenvalue weighted by Crippen LogP contribution is -2.56. The molecule has 2 fully saturated rings. The van der Waals surface area contributed by atoms with Crippen molar-refractivity contribution in [2.45, 2.75) is 32.0 Å². The average Bonchev–Trinajstić information content (AvgIpc) is 2.66. The van der Waals surface area contributed by atoms with Gasteiger partial charge in [-0.1, -0.05) is 0 Å². The Balaban J connectivity index is 2.10. The van der Waals surface area contributed by atoms with E-state index in [1.807, 2.05) is 0 Å². The molecule has 0 saturated carbocycles. The van der Waals surface area contributed by atoms with Gasteiger partial charge in [-0.3, -0.25) is 14.5 Å². The van der Waals surface area contributed by atoms with Crippen LogP contribution in [-0.4, -0.2) is 66.0 Å². The Labute approximate surface area is 101 Å². The third kappa shape index (κ3) is 2.42. The Kier molecular flexibility index (Phi) is 3.35. The van der Waals surface area contributed by atoms with E-state index in [4.69, 9.17) is 10.5 Å². The Morgan fingerprint density at radius 1 is 1.53 bits per heavy atom. The lowest BCUT2D eigenvalue weighted by Gasteiger charge is -2.35. The van der Waals surface area contributed by atoms with Crippen molar-refractivity contribution in [1.29, 1.82) is 0 Å². The maximum atomic E-state index is 11.7. The van der Waals surface area contributed by atoms with E-state index in [0.29, 0.717) is 6.04 Å². The highest BCUT2D eigenvalue weighted by Gasteiger charge is 2.43. The monoisotopic (exact) mass is 241 g/mol. The van der Waals surface area contributed by atoms with Gasteiger partial charge in [-0.05, 0) is 13.8 Å². The number of morpholine rings is 1. The van der Waals surface area contributed by atoms with Crippen molar-refractivity contribution in [2.75, 3.05) is 26.2 Å². The van der Waals surface area contributed by atoms with Crippen LogP contribution in [0, 0.1) is 0 Å². The molecule has 17 heavy (non-hydrogen) atoms. The van der Waals surface area contributed by atoms with Gasteiger partial charge in [0, 0.05) is 19.1 Å². The van der Waals surface area contributed by atoms with Crippen molar-refractivity contribution < 1.29 is 14.3 Å². The Bertz CT molecular complexity index is 332. The highest BCUT2D eigenvalue weighted by Crippen LogP contribution is 2.24. The fourth-order valence-corrected chi connectivity index (χ4v) is 2.49. The zero-order valence-corrected chi connectivity index (χ0v) is 10.3. The molecule has 6 heteroatoms. The van der Waals surface area contributed by atoms with Gasteiger partial charge in [-0.25, -0.2) is 0 Å². The lowest BCUT2D eigenvalue weighted by molar-refractivity contribution is -0.155. The molecule has 2 aliphatic heterocycles. The summed E-state index contributed by atoms with van der Waals surface area (Å²) >= 11 is 0. The van der Waals surface area contributed by atoms with Crippen LogP contribution < -0.4 is 5.73 Å². The van der Waals surface area contributed by atoms with Crippen LogP contribution in [0.5, 0.6) is 0 Å². The molecule has 0 spiro atoms. The first-order valence-corrected chi connectivity index (χ1v) is 5.92. The summed E-state index contributed by atoms with van der Waals surface area (Å²) in [5.41, 5.74) is 5.18. The minimum Gasteiger partial charge on any atom is -0.368 e. The standard InChI is InChI=1S/C11H19N3O3/c1-7(2)13-3-8-9(4-13)17-6-11(16)14(8)5-10(12)15/h7-9H,3-6H2,1-2H3,(H2,12,15)/t8-,9+/m1/s1. The molecule has 2 aliphatic rings. The molecule has 0 aliphatic carbocycles. The van der Waals surface area contributed by atoms with Gasteiger partial charge in [0.1, 0.15) is 6.61 Å². The summed E-state index contributed by atoms with van der Waals surface area (Å²) in [5, 5.41) is 0. The van der Waals surface area contributed by atoms with Crippen molar-refractivity contribution in [2.24, 2.45) is 5.73 Å². The number of primary amides is 1. The molecule has 2 amide bonds. The second-order valence-corrected chi connectivity index (χ2v) is 4.95. The lowest BCUT2D eigenvalue weighted by atomic mass is 10.1. The summed E-state index contributed by atoms with van der Waals surface area (Å²) in [6.45, 7) is 5.83. The number of ether oxygens (including phenoxy) is 1. The number of likely N-dealkylation sites (tertiary alicyclic amines) is 1. The van der Waals surface area contributed by atoms with E-state index in [1.54, 1.807) is 4.90 Å². The average molecular weight is 241 g/mol. The largest absolute Gasteiger partial charge is 0.368 e. The predicted octanol–water partition coefficient (Wildman–Crippen LogP) is -1.21. The quantitative estimate of drug-likeness (QED) is 0.673. The molecule has 6 nitrogen and oxygen atoms in total. The van der Waals surface area contributed by atoms with Crippen molar-refractivity contribution in [1.82, 2.24) is 9.80 Å². The second kappa shape index (κ2) is 4.62. The normalized spacial score (nSPS) is 29.8. The molecular formula is C11H19N3O3. The molecule has 0 radical (unpaired) electrons. The number of rotatable bonds is 3. The predicted molar refractivity (Wildman–Crippen MR) is 61.1 cm³/mol. The van der Waals surface area contributed by atoms with Crippen LogP contribution in [0.15, 0.2) is 0 Å². The van der Waals surface area contributed by atoms with Gasteiger partial charge in [0.15, 0.2) is 0 Å². The molecule has 2 heterocycles. The van der Waals surface area contributed by atoms with Crippen LogP contribution in [0.2, 0.25) is 0 Å². The maximum absolute atomic E-state index is 11.7. The third-order valence-electron chi connectivity index (χ3n) is 3.46. The van der Waals surface area contributed by atoms with E-state index in [1.165, 1.54) is 0 Å². The number of fused-ring (bicyclic) bond motifs is 1. The summed E-state index contributed by atoms with van der Waals surface area (Å²) in [5.74, 6) is -0.613. The number of carbonyl (C=O) groups is 2. The Morgan fingerprint density at radius 2 is 2.24 bits per heavy atom. The van der Waals surface area contributed by atoms with Crippen molar-refractivity contribution in [3.63, 3.8) is 0 Å². The van der Waals surface area contributed by atoms with E-state index in [-0.39, 0.29) is 31.2 Å². The number of hydrogen-bond acceptors (Lipinski definition) is 4. The van der Waals surface area contributed by atoms with Gasteiger partial charge < -0.3 is 15.4 Å². The fourth-order valence-electron chi connectivity index (χ4n) is 2.49. The van der Waals surface area contributed by atoms with E-state index >= 15 is 0 Å². The molecule has 96 valence electrons. The van der Waals surface area contributed by atoms with E-state index in [9.17, 15) is 9.59 Å². The number of amides is 2. The number of nitrogens with two attached hydrogens (primary N) is 1. The van der Waals surface area contributed by atoms with Crippen LogP contribution in [0.25, 0.3) is 0 Å². The highest BCUT2D eigenvalue weighted by atomic mass is 16.5. The zero-order valence-electron chi connectivity index (χ0n) is 10.3. The topological polar surface area (TPSA) is 75.9 Å². The second-order valence-electron chi connectivity index (χ2n) is 4.95. The summed E-state index contributed by atoms with van der Waals surface area (Å²) in [4.78, 5) is 26.5. The smallest absolute Gasteiger partial charge is 0.249 e. The summed E-state index contributed by atoms with van der Waals surface area (Å²) in [6.07, 6.45) is 0.00875. The molecule has 0 bridgehead atoms. The first kappa shape index (κ1) is 12.3. The van der Waals surface area contributed by atoms with Crippen LogP contribution in [-0.2, 0) is 14.3 Å². The molecule has 2 rings (SSSR count). The third-order valence-corrected chi connectivity index (χ3v) is 3.46. The molecule has 2 N–H and O–H groups in total. The van der Waals surface area contributed by atoms with Gasteiger partial charge >= 0.3 is 0 Å². The van der Waals surface area contributed by atoms with Gasteiger partial charge in [-0.2, -0.15) is 0 Å². The minimum atomic E-state index is -0.470. The summed E-state index contributed by atoms with van der Waals surface area (Å²) < 4.78 is 5.52. The summed E-state index contributed by atoms with van der Waals surface area (Å²) in [6, 6.07) is 0.376. The van der Waals surface area contributed by atoms with Crippen molar-refractivity contribution in [3.8, 4) is 0 Å². The van der Waals surface area contributed by atoms with Crippen LogP contribution in [0.1, 0.15) is 13.8 Å². The number of carbonyl (C=O) groups excluding carboxylic acids is 2. The van der Waals surface area contributed by atoms with Crippen LogP contribution in [0.3, 0.4) is 0 Å². The molecular weight excluding hydrogens is 222 g/mol. The molecule has 0 aromatic rings. The number of nitrogens with zero attached hydrogens (tertiary/aromatic N) is 2. The minimum absolute atomic E-state index is 0.00467. The SMILES string of the molecule is CC(C)N1C[C@@H]2OCC(=O)N(CC(N)=O)[C@@H]2C1. The highest BCUT2D eigenvalue weighted by molar-refractivity contribution is 5.85. The molecule has 2 saturated heterocycles. The van der Waals surface area contributed by atoms with Crippen molar-refractivity contribution in [3.05, 3.63) is 0 Å². The van der Waals surface area contributed by atoms with Crippen LogP contribution >= 0.6 is 0 Å². The molecule has 2 atom stereocenters. The summed E-state index contributed by atoms with van der Waals surface area (Å²) in [7, 11) is 0. The van der Waals surface area contributed by atoms with Gasteiger partial charge in [0.2, 0.25) is 11.8 Å². The maximum Gasteiger partial charge on any atom is 0.249 e. The number of hydrogen-bond donors (Lipinski definition) is 1. The zero-order chi connectivity index (χ0) is 12.6. The Morgan fingerprint density at radius 3 is 2.82 bits per heavy atom. The van der Waals surface area contributed by atoms with Crippen molar-refractivity contribution >= 4 is 11.8 Å². The molecule has 0 unspecified atom stereocenters. The first-order valence-electron chi connectivity index (χ1n) is 5.92. The molecule has 0 aromatic carbocycles. The van der Waals surface area contributed by atoms with E-state index in [0.717, 1.165) is 13.1 Å². The fraction of sp³-hybridized carbons (Fsp3) is 0.818. The van der Waals surface area contributed by atoms with E-state index < -0.39 is 5.91 Å². The van der Waals surface area contributed by atoms with Gasteiger partial charge in [-0.15, -0.1) is 0 Å². The van der Waals surface area contributed by atoms with Crippen LogP contribution in [0.4, 0.5) is 0 Å².